The van der Waals surface area contributed by atoms with Crippen LogP contribution in [0.1, 0.15) is 48.8 Å². The maximum atomic E-state index is 5.42. The van der Waals surface area contributed by atoms with Gasteiger partial charge in [-0.2, -0.15) is 0 Å². The van der Waals surface area contributed by atoms with Crippen LogP contribution in [0, 0.1) is 0 Å². The highest BCUT2D eigenvalue weighted by Crippen LogP contribution is 2.31. The lowest BCUT2D eigenvalue weighted by atomic mass is 9.85. The second-order valence-corrected chi connectivity index (χ2v) is 7.12. The summed E-state index contributed by atoms with van der Waals surface area (Å²) in [5, 5.41) is 0. The molecule has 2 rings (SSSR count). The summed E-state index contributed by atoms with van der Waals surface area (Å²) in [6.45, 7) is 5.62. The second-order valence-electron chi connectivity index (χ2n) is 7.12. The van der Waals surface area contributed by atoms with E-state index >= 15 is 0 Å². The number of methoxy groups -OCH3 is 1. The number of hydrogen-bond acceptors (Lipinski definition) is 2. The molecule has 0 saturated carbocycles. The number of benzene rings is 2. The van der Waals surface area contributed by atoms with Crippen LogP contribution >= 0.6 is 0 Å². The Morgan fingerprint density at radius 1 is 1.00 bits per heavy atom. The number of hydrogen-bond donors (Lipinski definition) is 0. The Labute approximate surface area is 147 Å². The van der Waals surface area contributed by atoms with E-state index in [1.54, 1.807) is 7.11 Å². The molecule has 130 valence electrons. The van der Waals surface area contributed by atoms with Gasteiger partial charge in [-0.3, -0.25) is 0 Å². The highest BCUT2D eigenvalue weighted by Gasteiger charge is 2.16. The molecule has 2 aromatic carbocycles. The van der Waals surface area contributed by atoms with E-state index in [2.05, 4.69) is 81.4 Å². The van der Waals surface area contributed by atoms with Gasteiger partial charge in [0.1, 0.15) is 5.75 Å². The van der Waals surface area contributed by atoms with Crippen LogP contribution in [0.4, 0.5) is 0 Å². The van der Waals surface area contributed by atoms with Gasteiger partial charge in [0.25, 0.3) is 0 Å². The van der Waals surface area contributed by atoms with E-state index in [9.17, 15) is 0 Å². The fourth-order valence-corrected chi connectivity index (χ4v) is 3.21. The largest absolute Gasteiger partial charge is 0.497 e. The van der Waals surface area contributed by atoms with Gasteiger partial charge in [0.2, 0.25) is 0 Å². The number of ether oxygens (including phenoxy) is 1. The summed E-state index contributed by atoms with van der Waals surface area (Å²) >= 11 is 0. The Balaban J connectivity index is 2.28. The monoisotopic (exact) mass is 325 g/mol. The van der Waals surface area contributed by atoms with Crippen LogP contribution in [0.2, 0.25) is 0 Å². The molecule has 0 spiro atoms. The van der Waals surface area contributed by atoms with Crippen molar-refractivity contribution in [2.45, 2.75) is 38.5 Å². The van der Waals surface area contributed by atoms with Crippen molar-refractivity contribution in [2.24, 2.45) is 0 Å². The third-order valence-corrected chi connectivity index (χ3v) is 4.64. The maximum absolute atomic E-state index is 5.42. The van der Waals surface area contributed by atoms with Gasteiger partial charge in [0.15, 0.2) is 0 Å². The summed E-state index contributed by atoms with van der Waals surface area (Å²) in [6.07, 6.45) is 2.25. The molecule has 0 heterocycles. The zero-order chi connectivity index (χ0) is 17.5. The topological polar surface area (TPSA) is 12.5 Å². The summed E-state index contributed by atoms with van der Waals surface area (Å²) in [5.74, 6) is 1.99. The third-order valence-electron chi connectivity index (χ3n) is 4.64. The highest BCUT2D eigenvalue weighted by atomic mass is 16.5. The lowest BCUT2D eigenvalue weighted by Crippen LogP contribution is -2.17. The summed E-state index contributed by atoms with van der Waals surface area (Å²) in [4.78, 5) is 2.27. The van der Waals surface area contributed by atoms with Gasteiger partial charge in [-0.05, 0) is 74.1 Å². The van der Waals surface area contributed by atoms with Gasteiger partial charge in [0.05, 0.1) is 7.11 Å². The molecule has 0 aromatic heterocycles. The third kappa shape index (κ3) is 5.10. The van der Waals surface area contributed by atoms with Crippen molar-refractivity contribution in [3.05, 3.63) is 65.2 Å². The summed E-state index contributed by atoms with van der Waals surface area (Å²) in [7, 11) is 6.03. The van der Waals surface area contributed by atoms with Crippen molar-refractivity contribution in [1.82, 2.24) is 4.90 Å². The van der Waals surface area contributed by atoms with Crippen LogP contribution in [-0.2, 0) is 6.42 Å². The van der Waals surface area contributed by atoms with Gasteiger partial charge in [-0.25, -0.2) is 0 Å². The molecule has 2 nitrogen and oxygen atoms in total. The predicted octanol–water partition coefficient (Wildman–Crippen LogP) is 5.10. The van der Waals surface area contributed by atoms with Crippen LogP contribution in [0.25, 0.3) is 0 Å². The zero-order valence-electron chi connectivity index (χ0n) is 15.8. The summed E-state index contributed by atoms with van der Waals surface area (Å²) < 4.78 is 5.42. The lowest BCUT2D eigenvalue weighted by Gasteiger charge is -2.22. The predicted molar refractivity (Wildman–Crippen MR) is 103 cm³/mol. The van der Waals surface area contributed by atoms with Crippen LogP contribution in [-0.4, -0.2) is 32.6 Å². The first kappa shape index (κ1) is 18.5. The molecular formula is C22H31NO. The Bertz CT molecular complexity index is 619. The Morgan fingerprint density at radius 2 is 1.71 bits per heavy atom. The van der Waals surface area contributed by atoms with E-state index in [0.717, 1.165) is 18.7 Å². The molecule has 0 radical (unpaired) electrons. The van der Waals surface area contributed by atoms with E-state index in [1.807, 2.05) is 0 Å². The van der Waals surface area contributed by atoms with Crippen LogP contribution in [0.15, 0.2) is 48.5 Å². The van der Waals surface area contributed by atoms with Crippen LogP contribution in [0.5, 0.6) is 5.75 Å². The molecule has 0 saturated heterocycles. The molecule has 0 bridgehead atoms. The Kier molecular flexibility index (Phi) is 6.86. The highest BCUT2D eigenvalue weighted by molar-refractivity contribution is 5.39. The van der Waals surface area contributed by atoms with E-state index in [4.69, 9.17) is 4.74 Å². The molecule has 0 fully saturated rings. The minimum absolute atomic E-state index is 0.500. The molecule has 0 aliphatic heterocycles. The minimum atomic E-state index is 0.500. The first-order chi connectivity index (χ1) is 11.5. The first-order valence-corrected chi connectivity index (χ1v) is 8.87. The van der Waals surface area contributed by atoms with Gasteiger partial charge >= 0.3 is 0 Å². The van der Waals surface area contributed by atoms with E-state index < -0.39 is 0 Å². The molecule has 2 heteroatoms. The number of nitrogens with zero attached hydrogens (tertiary/aromatic N) is 1. The molecule has 1 atom stereocenters. The fraction of sp³-hybridized carbons (Fsp3) is 0.455. The first-order valence-electron chi connectivity index (χ1n) is 8.87. The molecule has 24 heavy (non-hydrogen) atoms. The van der Waals surface area contributed by atoms with E-state index in [1.165, 1.54) is 23.1 Å². The van der Waals surface area contributed by atoms with Crippen molar-refractivity contribution in [3.8, 4) is 5.75 Å². The van der Waals surface area contributed by atoms with Gasteiger partial charge < -0.3 is 9.64 Å². The zero-order valence-corrected chi connectivity index (χ0v) is 15.8. The Hall–Kier alpha value is -1.80. The minimum Gasteiger partial charge on any atom is -0.497 e. The molecule has 0 amide bonds. The standard InChI is InChI=1S/C22H31NO/c1-17(2)22-16-21(24-5)12-11-20(22)15-19(13-14-23(3)4)18-9-7-6-8-10-18/h6-12,16-17,19H,13-15H2,1-5H3. The van der Waals surface area contributed by atoms with Crippen LogP contribution < -0.4 is 4.74 Å². The fourth-order valence-electron chi connectivity index (χ4n) is 3.21. The molecule has 2 aromatic rings. The maximum Gasteiger partial charge on any atom is 0.119 e. The molecule has 0 aliphatic carbocycles. The van der Waals surface area contributed by atoms with Gasteiger partial charge in [0, 0.05) is 0 Å². The Morgan fingerprint density at radius 3 is 2.29 bits per heavy atom. The summed E-state index contributed by atoms with van der Waals surface area (Å²) in [6, 6.07) is 17.5. The average Bonchev–Trinajstić information content (AvgIpc) is 2.59. The van der Waals surface area contributed by atoms with Crippen molar-refractivity contribution < 1.29 is 4.74 Å². The molecule has 0 N–H and O–H groups in total. The molecular weight excluding hydrogens is 294 g/mol. The SMILES string of the molecule is COc1ccc(CC(CCN(C)C)c2ccccc2)c(C(C)C)c1. The van der Waals surface area contributed by atoms with Gasteiger partial charge in [-0.1, -0.05) is 50.2 Å². The average molecular weight is 325 g/mol. The van der Waals surface area contributed by atoms with Crippen molar-refractivity contribution in [1.29, 1.82) is 0 Å². The van der Waals surface area contributed by atoms with Crippen molar-refractivity contribution in [2.75, 3.05) is 27.7 Å². The molecule has 0 aliphatic rings. The summed E-state index contributed by atoms with van der Waals surface area (Å²) in [5.41, 5.74) is 4.28. The lowest BCUT2D eigenvalue weighted by molar-refractivity contribution is 0.379. The van der Waals surface area contributed by atoms with E-state index in [-0.39, 0.29) is 0 Å². The van der Waals surface area contributed by atoms with Gasteiger partial charge in [-0.15, -0.1) is 0 Å². The smallest absolute Gasteiger partial charge is 0.119 e. The van der Waals surface area contributed by atoms with Crippen molar-refractivity contribution >= 4 is 0 Å². The second kappa shape index (κ2) is 8.89. The quantitative estimate of drug-likeness (QED) is 0.670. The van der Waals surface area contributed by atoms with Crippen LogP contribution in [0.3, 0.4) is 0 Å². The number of rotatable bonds is 8. The normalized spacial score (nSPS) is 12.6. The molecule has 1 unspecified atom stereocenters. The van der Waals surface area contributed by atoms with E-state index in [0.29, 0.717) is 11.8 Å². The van der Waals surface area contributed by atoms with Crippen molar-refractivity contribution in [3.63, 3.8) is 0 Å².